The summed E-state index contributed by atoms with van der Waals surface area (Å²) in [4.78, 5) is 16.6. The molecule has 6 rings (SSSR count). The minimum atomic E-state index is -0.158. The molecule has 0 spiro atoms. The molecule has 0 radical (unpaired) electrons. The van der Waals surface area contributed by atoms with Crippen LogP contribution in [0.15, 0.2) is 83.4 Å². The van der Waals surface area contributed by atoms with E-state index in [0.717, 1.165) is 29.6 Å². The van der Waals surface area contributed by atoms with E-state index in [1.165, 1.54) is 61.7 Å². The van der Waals surface area contributed by atoms with E-state index >= 15 is 0 Å². The summed E-state index contributed by atoms with van der Waals surface area (Å²) in [7, 11) is 2.16. The summed E-state index contributed by atoms with van der Waals surface area (Å²) in [6.07, 6.45) is 9.04. The van der Waals surface area contributed by atoms with Gasteiger partial charge in [0.15, 0.2) is 5.71 Å². The molecule has 2 aliphatic heterocycles. The molecule has 3 heterocycles. The van der Waals surface area contributed by atoms with Crippen molar-refractivity contribution in [2.45, 2.75) is 76.5 Å². The van der Waals surface area contributed by atoms with Crippen LogP contribution < -0.4 is 10.2 Å². The monoisotopic (exact) mass is 664 g/mol. The minimum absolute atomic E-state index is 0.0715. The van der Waals surface area contributed by atoms with Gasteiger partial charge in [-0.1, -0.05) is 70.2 Å². The molecule has 0 aliphatic carbocycles. The lowest BCUT2D eigenvalue weighted by Crippen LogP contribution is -2.35. The Morgan fingerprint density at radius 2 is 1.70 bits per heavy atom. The number of thioether (sulfide) groups is 1. The van der Waals surface area contributed by atoms with Crippen LogP contribution in [0, 0.1) is 0 Å². The smallest absolute Gasteiger partial charge is 0.220 e. The molecular formula is C39H46N5OS2+. The lowest BCUT2D eigenvalue weighted by molar-refractivity contribution is -0.401. The van der Waals surface area contributed by atoms with Crippen LogP contribution in [-0.2, 0) is 28.5 Å². The number of carbonyl (C=O) groups is 1. The number of aromatic nitrogens is 2. The summed E-state index contributed by atoms with van der Waals surface area (Å²) in [6, 6.07) is 19.6. The van der Waals surface area contributed by atoms with Gasteiger partial charge in [0.2, 0.25) is 11.6 Å². The van der Waals surface area contributed by atoms with Crippen molar-refractivity contribution >= 4 is 57.5 Å². The first kappa shape index (κ1) is 33.2. The van der Waals surface area contributed by atoms with Gasteiger partial charge in [0.25, 0.3) is 0 Å². The highest BCUT2D eigenvalue weighted by Crippen LogP contribution is 2.47. The first-order valence-corrected chi connectivity index (χ1v) is 18.4. The number of hydrogen-bond acceptors (Lipinski definition) is 6. The predicted molar refractivity (Wildman–Crippen MR) is 199 cm³/mol. The number of aryl methyl sites for hydroxylation is 2. The molecule has 1 aromatic heterocycles. The quantitative estimate of drug-likeness (QED) is 0.129. The number of rotatable bonds is 11. The van der Waals surface area contributed by atoms with Gasteiger partial charge in [0.05, 0.1) is 17.1 Å². The van der Waals surface area contributed by atoms with E-state index in [4.69, 9.17) is 0 Å². The van der Waals surface area contributed by atoms with E-state index < -0.39 is 0 Å². The van der Waals surface area contributed by atoms with Crippen molar-refractivity contribution in [1.29, 1.82) is 0 Å². The number of carbonyl (C=O) groups excluding carboxylic acids is 1. The summed E-state index contributed by atoms with van der Waals surface area (Å²) in [5.41, 5.74) is 12.0. The molecule has 6 nitrogen and oxygen atoms in total. The molecule has 2 aliphatic rings. The first-order chi connectivity index (χ1) is 22.6. The number of fused-ring (bicyclic) bond motifs is 3. The van der Waals surface area contributed by atoms with Crippen LogP contribution in [0.5, 0.6) is 0 Å². The van der Waals surface area contributed by atoms with Gasteiger partial charge >= 0.3 is 0 Å². The molecule has 3 aromatic carbocycles. The Hall–Kier alpha value is -3.75. The zero-order valence-corrected chi connectivity index (χ0v) is 30.3. The van der Waals surface area contributed by atoms with Crippen molar-refractivity contribution in [3.8, 4) is 0 Å². The van der Waals surface area contributed by atoms with Gasteiger partial charge in [0.1, 0.15) is 18.1 Å². The molecule has 0 fully saturated rings. The summed E-state index contributed by atoms with van der Waals surface area (Å²) in [6.45, 7) is 14.8. The molecule has 4 aromatic rings. The van der Waals surface area contributed by atoms with E-state index in [1.54, 1.807) is 11.8 Å². The van der Waals surface area contributed by atoms with Gasteiger partial charge in [-0.3, -0.25) is 4.79 Å². The Balaban J connectivity index is 1.13. The van der Waals surface area contributed by atoms with Gasteiger partial charge in [0, 0.05) is 64.7 Å². The van der Waals surface area contributed by atoms with Crippen molar-refractivity contribution in [1.82, 2.24) is 14.1 Å². The average Bonchev–Trinajstić information content (AvgIpc) is 3.69. The minimum Gasteiger partial charge on any atom is -0.354 e. The third kappa shape index (κ3) is 6.06. The number of para-hydroxylation sites is 2. The second-order valence-electron chi connectivity index (χ2n) is 13.4. The fourth-order valence-electron chi connectivity index (χ4n) is 7.33. The van der Waals surface area contributed by atoms with Crippen LogP contribution in [-0.4, -0.2) is 50.8 Å². The number of anilines is 1. The zero-order valence-electron chi connectivity index (χ0n) is 28.7. The maximum atomic E-state index is 13.0. The summed E-state index contributed by atoms with van der Waals surface area (Å²) in [5, 5.41) is 3.21. The number of allylic oxidation sites excluding steroid dienone is 4. The summed E-state index contributed by atoms with van der Waals surface area (Å²) in [5.74, 6) is 0.816. The van der Waals surface area contributed by atoms with Crippen LogP contribution in [0.3, 0.4) is 0 Å². The van der Waals surface area contributed by atoms with Crippen LogP contribution in [0.2, 0.25) is 0 Å². The van der Waals surface area contributed by atoms with E-state index in [2.05, 4.69) is 145 Å². The van der Waals surface area contributed by atoms with Crippen molar-refractivity contribution in [3.63, 3.8) is 0 Å². The third-order valence-corrected chi connectivity index (χ3v) is 11.5. The number of hydrogen-bond donors (Lipinski definition) is 1. The van der Waals surface area contributed by atoms with Gasteiger partial charge in [-0.05, 0) is 61.6 Å². The Bertz CT molecular complexity index is 1920. The number of amides is 1. The van der Waals surface area contributed by atoms with Crippen LogP contribution in [0.4, 0.5) is 11.4 Å². The SMILES string of the molecule is CCc1cc(SCCC(=O)NCCN2/C(=C/C=C/C3=[N+](C)c4ccccc4C3(C)C)C(C)(C)c3ccccc32)c(CC)c2nsnc12. The molecule has 0 unspecified atom stereocenters. The molecule has 0 saturated carbocycles. The number of nitrogens with one attached hydrogen (secondary N) is 1. The summed E-state index contributed by atoms with van der Waals surface area (Å²) < 4.78 is 11.4. The van der Waals surface area contributed by atoms with Crippen molar-refractivity contribution in [2.75, 3.05) is 30.8 Å². The Kier molecular flexibility index (Phi) is 9.45. The number of nitrogens with zero attached hydrogens (tertiary/aromatic N) is 4. The summed E-state index contributed by atoms with van der Waals surface area (Å²) >= 11 is 3.04. The van der Waals surface area contributed by atoms with Crippen LogP contribution >= 0.6 is 23.5 Å². The Morgan fingerprint density at radius 1 is 0.979 bits per heavy atom. The fourth-order valence-corrected chi connectivity index (χ4v) is 9.08. The van der Waals surface area contributed by atoms with Crippen molar-refractivity contribution in [2.24, 2.45) is 0 Å². The van der Waals surface area contributed by atoms with Gasteiger partial charge in [-0.2, -0.15) is 13.3 Å². The van der Waals surface area contributed by atoms with Crippen molar-refractivity contribution in [3.05, 3.63) is 101 Å². The zero-order chi connectivity index (χ0) is 33.3. The van der Waals surface area contributed by atoms with E-state index in [1.807, 2.05) is 0 Å². The maximum absolute atomic E-state index is 13.0. The molecule has 0 atom stereocenters. The average molecular weight is 665 g/mol. The highest BCUT2D eigenvalue weighted by Gasteiger charge is 2.43. The molecule has 1 N–H and O–H groups in total. The van der Waals surface area contributed by atoms with E-state index in [-0.39, 0.29) is 16.7 Å². The van der Waals surface area contributed by atoms with Crippen LogP contribution in [0.1, 0.15) is 70.2 Å². The normalized spacial score (nSPS) is 17.3. The van der Waals surface area contributed by atoms with Gasteiger partial charge < -0.3 is 10.2 Å². The molecular weight excluding hydrogens is 619 g/mol. The lowest BCUT2D eigenvalue weighted by Gasteiger charge is -2.27. The third-order valence-electron chi connectivity index (χ3n) is 9.91. The topological polar surface area (TPSA) is 61.1 Å². The standard InChI is InChI=1S/C39H45N5OS2/c1-8-26-25-32(27(9-2)37-36(26)41-47-42-37)46-24-21-35(45)40-22-23-44-31-18-13-11-16-29(31)39(5,6)34(44)20-14-19-33-38(3,4)28-15-10-12-17-30(28)43(33)7/h10-20,25H,8-9,21-24H2,1-7H3/p+1. The molecule has 47 heavy (non-hydrogen) atoms. The van der Waals surface area contributed by atoms with Crippen LogP contribution in [0.25, 0.3) is 11.0 Å². The molecule has 8 heteroatoms. The van der Waals surface area contributed by atoms with E-state index in [0.29, 0.717) is 19.5 Å². The Morgan fingerprint density at radius 3 is 2.45 bits per heavy atom. The predicted octanol–water partition coefficient (Wildman–Crippen LogP) is 8.36. The molecule has 1 amide bonds. The molecule has 0 bridgehead atoms. The highest BCUT2D eigenvalue weighted by molar-refractivity contribution is 7.99. The Labute approximate surface area is 288 Å². The maximum Gasteiger partial charge on any atom is 0.220 e. The van der Waals surface area contributed by atoms with Crippen molar-refractivity contribution < 1.29 is 9.37 Å². The lowest BCUT2D eigenvalue weighted by atomic mass is 9.81. The molecule has 0 saturated heterocycles. The molecule has 244 valence electrons. The van der Waals surface area contributed by atoms with E-state index in [9.17, 15) is 4.79 Å². The first-order valence-electron chi connectivity index (χ1n) is 16.7. The fraction of sp³-hybridized carbons (Fsp3) is 0.385. The largest absolute Gasteiger partial charge is 0.354 e. The van der Waals surface area contributed by atoms with Gasteiger partial charge in [-0.25, -0.2) is 0 Å². The second kappa shape index (κ2) is 13.4. The number of benzene rings is 3. The van der Waals surface area contributed by atoms with Gasteiger partial charge in [-0.15, -0.1) is 11.8 Å². The second-order valence-corrected chi connectivity index (χ2v) is 15.1. The highest BCUT2D eigenvalue weighted by atomic mass is 32.2.